The Morgan fingerprint density at radius 1 is 1.00 bits per heavy atom. The number of carbonyl (C=O) groups excluding carboxylic acids is 1. The number of carbonyl (C=O) groups is 1. The second kappa shape index (κ2) is 9.31. The zero-order valence-corrected chi connectivity index (χ0v) is 17.6. The maximum atomic E-state index is 11.4. The van der Waals surface area contributed by atoms with Crippen molar-refractivity contribution in [1.29, 1.82) is 0 Å². The Kier molecular flexibility index (Phi) is 7.36. The van der Waals surface area contributed by atoms with Crippen LogP contribution in [-0.2, 0) is 14.0 Å². The van der Waals surface area contributed by atoms with E-state index in [1.165, 1.54) is 17.5 Å². The quantitative estimate of drug-likeness (QED) is 0.560. The Bertz CT molecular complexity index is 671. The SMILES string of the molecule is COC(=O)CC[C@H](O)CO[Si](c1ccccc1)(c1ccccc1)C(C)(C)C. The minimum atomic E-state index is -2.65. The first-order valence-electron chi connectivity index (χ1n) is 9.31. The Balaban J connectivity index is 2.36. The summed E-state index contributed by atoms with van der Waals surface area (Å²) in [7, 11) is -1.30. The van der Waals surface area contributed by atoms with Crippen LogP contribution in [0.2, 0.25) is 5.04 Å². The van der Waals surface area contributed by atoms with Crippen molar-refractivity contribution in [2.24, 2.45) is 0 Å². The van der Waals surface area contributed by atoms with Crippen molar-refractivity contribution in [2.45, 2.75) is 44.8 Å². The summed E-state index contributed by atoms with van der Waals surface area (Å²) in [5.41, 5.74) is 0. The number of hydrogen-bond acceptors (Lipinski definition) is 4. The lowest BCUT2D eigenvalue weighted by Crippen LogP contribution is -2.67. The monoisotopic (exact) mass is 386 g/mol. The second-order valence-electron chi connectivity index (χ2n) is 7.74. The average molecular weight is 387 g/mol. The smallest absolute Gasteiger partial charge is 0.305 e. The molecule has 0 aliphatic carbocycles. The van der Waals surface area contributed by atoms with Crippen molar-refractivity contribution in [3.8, 4) is 0 Å². The van der Waals surface area contributed by atoms with E-state index in [9.17, 15) is 9.90 Å². The van der Waals surface area contributed by atoms with Gasteiger partial charge in [0.05, 0.1) is 19.8 Å². The maximum Gasteiger partial charge on any atom is 0.305 e. The molecule has 0 heterocycles. The highest BCUT2D eigenvalue weighted by atomic mass is 28.4. The van der Waals surface area contributed by atoms with Gasteiger partial charge in [0.15, 0.2) is 0 Å². The molecule has 1 atom stereocenters. The third-order valence-corrected chi connectivity index (χ3v) is 9.82. The molecule has 0 radical (unpaired) electrons. The molecule has 4 nitrogen and oxygen atoms in total. The first-order valence-corrected chi connectivity index (χ1v) is 11.2. The number of aliphatic hydroxyl groups is 1. The molecular weight excluding hydrogens is 356 g/mol. The maximum absolute atomic E-state index is 11.4. The van der Waals surface area contributed by atoms with Crippen molar-refractivity contribution >= 4 is 24.7 Å². The van der Waals surface area contributed by atoms with Crippen LogP contribution in [-0.4, -0.2) is 39.2 Å². The van der Waals surface area contributed by atoms with Gasteiger partial charge in [0.2, 0.25) is 0 Å². The van der Waals surface area contributed by atoms with Gasteiger partial charge in [-0.1, -0.05) is 81.4 Å². The number of rotatable bonds is 8. The fourth-order valence-corrected chi connectivity index (χ4v) is 8.05. The Labute approximate surface area is 163 Å². The molecule has 2 aromatic rings. The van der Waals surface area contributed by atoms with E-state index in [-0.39, 0.29) is 24.0 Å². The molecule has 0 aliphatic heterocycles. The molecule has 0 unspecified atom stereocenters. The van der Waals surface area contributed by atoms with Gasteiger partial charge in [-0.3, -0.25) is 4.79 Å². The topological polar surface area (TPSA) is 55.8 Å². The number of methoxy groups -OCH3 is 1. The zero-order valence-electron chi connectivity index (χ0n) is 16.6. The Morgan fingerprint density at radius 3 is 1.89 bits per heavy atom. The van der Waals surface area contributed by atoms with Crippen LogP contribution >= 0.6 is 0 Å². The van der Waals surface area contributed by atoms with Crippen LogP contribution in [0.15, 0.2) is 60.7 Å². The summed E-state index contributed by atoms with van der Waals surface area (Å²) in [5.74, 6) is -0.320. The van der Waals surface area contributed by atoms with Gasteiger partial charge in [0, 0.05) is 6.42 Å². The molecule has 2 rings (SSSR count). The lowest BCUT2D eigenvalue weighted by atomic mass is 10.2. The van der Waals surface area contributed by atoms with Gasteiger partial charge in [-0.2, -0.15) is 0 Å². The standard InChI is InChI=1S/C22H30O4Si/c1-22(2,3)27(19-11-7-5-8-12-19,20-13-9-6-10-14-20)26-17-18(23)15-16-21(24)25-4/h5-14,18,23H,15-17H2,1-4H3/t18-/m0/s1. The lowest BCUT2D eigenvalue weighted by molar-refractivity contribution is -0.141. The van der Waals surface area contributed by atoms with Crippen LogP contribution in [0, 0.1) is 0 Å². The van der Waals surface area contributed by atoms with Gasteiger partial charge < -0.3 is 14.3 Å². The van der Waals surface area contributed by atoms with Crippen molar-refractivity contribution in [3.05, 3.63) is 60.7 Å². The van der Waals surface area contributed by atoms with E-state index in [1.807, 2.05) is 36.4 Å². The third-order valence-electron chi connectivity index (χ3n) is 4.82. The van der Waals surface area contributed by atoms with Crippen molar-refractivity contribution in [3.63, 3.8) is 0 Å². The summed E-state index contributed by atoms with van der Waals surface area (Å²) in [5, 5.41) is 12.6. The van der Waals surface area contributed by atoms with Crippen LogP contribution in [0.25, 0.3) is 0 Å². The van der Waals surface area contributed by atoms with Crippen LogP contribution in [0.5, 0.6) is 0 Å². The fourth-order valence-electron chi connectivity index (χ4n) is 3.45. The first-order chi connectivity index (χ1) is 12.8. The van der Waals surface area contributed by atoms with Gasteiger partial charge >= 0.3 is 5.97 Å². The van der Waals surface area contributed by atoms with E-state index in [2.05, 4.69) is 49.8 Å². The van der Waals surface area contributed by atoms with Gasteiger partial charge in [-0.25, -0.2) is 0 Å². The molecule has 5 heteroatoms. The number of hydrogen-bond donors (Lipinski definition) is 1. The largest absolute Gasteiger partial charge is 0.469 e. The lowest BCUT2D eigenvalue weighted by Gasteiger charge is -2.43. The molecule has 2 aromatic carbocycles. The van der Waals surface area contributed by atoms with Crippen LogP contribution in [0.3, 0.4) is 0 Å². The molecule has 0 fully saturated rings. The third kappa shape index (κ3) is 5.06. The van der Waals surface area contributed by atoms with Crippen LogP contribution in [0.1, 0.15) is 33.6 Å². The summed E-state index contributed by atoms with van der Waals surface area (Å²) in [6.07, 6.45) is -0.210. The van der Waals surface area contributed by atoms with E-state index in [4.69, 9.17) is 4.43 Å². The molecule has 27 heavy (non-hydrogen) atoms. The Morgan fingerprint density at radius 2 is 1.48 bits per heavy atom. The van der Waals surface area contributed by atoms with Gasteiger partial charge in [-0.15, -0.1) is 0 Å². The van der Waals surface area contributed by atoms with Crippen molar-refractivity contribution < 1.29 is 19.1 Å². The molecule has 0 amide bonds. The fraction of sp³-hybridized carbons (Fsp3) is 0.409. The van der Waals surface area contributed by atoms with E-state index in [1.54, 1.807) is 0 Å². The number of ether oxygens (including phenoxy) is 1. The minimum Gasteiger partial charge on any atom is -0.469 e. The summed E-state index contributed by atoms with van der Waals surface area (Å²) in [6.45, 7) is 6.77. The summed E-state index contributed by atoms with van der Waals surface area (Å²) >= 11 is 0. The predicted molar refractivity (Wildman–Crippen MR) is 111 cm³/mol. The van der Waals surface area contributed by atoms with Gasteiger partial charge in [0.1, 0.15) is 0 Å². The molecule has 146 valence electrons. The number of benzene rings is 2. The molecule has 0 saturated carbocycles. The Hall–Kier alpha value is -1.95. The highest BCUT2D eigenvalue weighted by molar-refractivity contribution is 6.99. The highest BCUT2D eigenvalue weighted by Gasteiger charge is 2.50. The first kappa shape index (κ1) is 21.3. The molecule has 0 bridgehead atoms. The van der Waals surface area contributed by atoms with Gasteiger partial charge in [-0.05, 0) is 21.8 Å². The van der Waals surface area contributed by atoms with Crippen molar-refractivity contribution in [2.75, 3.05) is 13.7 Å². The molecular formula is C22H30O4Si. The summed E-state index contributed by atoms with van der Waals surface area (Å²) in [4.78, 5) is 11.4. The van der Waals surface area contributed by atoms with E-state index in [0.29, 0.717) is 6.42 Å². The normalized spacial score (nSPS) is 13.2. The van der Waals surface area contributed by atoms with Crippen molar-refractivity contribution in [1.82, 2.24) is 0 Å². The zero-order chi connectivity index (χ0) is 19.9. The van der Waals surface area contributed by atoms with E-state index >= 15 is 0 Å². The van der Waals surface area contributed by atoms with Crippen LogP contribution in [0.4, 0.5) is 0 Å². The summed E-state index contributed by atoms with van der Waals surface area (Å²) in [6, 6.07) is 20.6. The minimum absolute atomic E-state index is 0.141. The molecule has 0 aliphatic rings. The second-order valence-corrected chi connectivity index (χ2v) is 12.0. The van der Waals surface area contributed by atoms with Gasteiger partial charge in [0.25, 0.3) is 8.32 Å². The molecule has 1 N–H and O–H groups in total. The molecule has 0 spiro atoms. The molecule has 0 aromatic heterocycles. The van der Waals surface area contributed by atoms with E-state index < -0.39 is 14.4 Å². The molecule has 0 saturated heterocycles. The van der Waals surface area contributed by atoms with E-state index in [0.717, 1.165) is 0 Å². The summed E-state index contributed by atoms with van der Waals surface area (Å²) < 4.78 is 11.3. The number of esters is 1. The highest BCUT2D eigenvalue weighted by Crippen LogP contribution is 2.36. The number of aliphatic hydroxyl groups excluding tert-OH is 1. The van der Waals surface area contributed by atoms with Crippen LogP contribution < -0.4 is 10.4 Å². The average Bonchev–Trinajstić information content (AvgIpc) is 2.67. The predicted octanol–water partition coefficient (Wildman–Crippen LogP) is 2.88.